The topological polar surface area (TPSA) is 34.0 Å². The van der Waals surface area contributed by atoms with Crippen LogP contribution in [0.3, 0.4) is 0 Å². The van der Waals surface area contributed by atoms with Crippen molar-refractivity contribution in [3.05, 3.63) is 46.4 Å². The molecule has 22 heavy (non-hydrogen) atoms. The summed E-state index contributed by atoms with van der Waals surface area (Å²) in [5, 5.41) is 0. The molecule has 1 aromatic carbocycles. The highest BCUT2D eigenvalue weighted by Crippen LogP contribution is 2.27. The molecule has 0 aliphatic heterocycles. The van der Waals surface area contributed by atoms with Crippen molar-refractivity contribution in [3.63, 3.8) is 0 Å². The van der Waals surface area contributed by atoms with Crippen LogP contribution in [0.2, 0.25) is 0 Å². The van der Waals surface area contributed by atoms with Gasteiger partial charge in [0, 0.05) is 25.0 Å². The first-order valence-electron chi connectivity index (χ1n) is 7.29. The smallest absolute Gasteiger partial charge is 0.160 e. The molecule has 2 heterocycles. The van der Waals surface area contributed by atoms with Crippen LogP contribution in [0.5, 0.6) is 0 Å². The molecule has 1 unspecified atom stereocenters. The highest BCUT2D eigenvalue weighted by Gasteiger charge is 2.12. The number of rotatable bonds is 6. The van der Waals surface area contributed by atoms with Gasteiger partial charge in [-0.2, -0.15) is 0 Å². The Labute approximate surface area is 142 Å². The van der Waals surface area contributed by atoms with Crippen molar-refractivity contribution in [3.8, 4) is 0 Å². The lowest BCUT2D eigenvalue weighted by atomic mass is 10.0. The molecule has 3 rings (SSSR count). The molecule has 0 N–H and O–H groups in total. The Kier molecular flexibility index (Phi) is 4.90. The molecule has 0 fully saturated rings. The largest absolute Gasteiger partial charge is 0.336 e. The van der Waals surface area contributed by atoms with Crippen LogP contribution in [-0.4, -0.2) is 39.6 Å². The van der Waals surface area contributed by atoms with E-state index in [1.54, 1.807) is 11.3 Å². The third-order valence-electron chi connectivity index (χ3n) is 3.90. The van der Waals surface area contributed by atoms with Crippen molar-refractivity contribution in [1.82, 2.24) is 19.4 Å². The summed E-state index contributed by atoms with van der Waals surface area (Å²) in [6.07, 6.45) is 7.94. The van der Waals surface area contributed by atoms with Gasteiger partial charge in [0.2, 0.25) is 0 Å². The second-order valence-corrected chi connectivity index (χ2v) is 7.99. The summed E-state index contributed by atoms with van der Waals surface area (Å²) in [6.45, 7) is 0.974. The fourth-order valence-electron chi connectivity index (χ4n) is 2.58. The van der Waals surface area contributed by atoms with Gasteiger partial charge >= 0.3 is 0 Å². The van der Waals surface area contributed by atoms with E-state index in [9.17, 15) is 0 Å². The quantitative estimate of drug-likeness (QED) is 0.653. The summed E-state index contributed by atoms with van der Waals surface area (Å²) in [6, 6.07) is 7.07. The first kappa shape index (κ1) is 15.6. The van der Waals surface area contributed by atoms with Gasteiger partial charge in [-0.3, -0.25) is 0 Å². The van der Waals surface area contributed by atoms with Crippen LogP contribution >= 0.6 is 27.3 Å². The Morgan fingerprint density at radius 1 is 1.36 bits per heavy atom. The minimum absolute atomic E-state index is 0.498. The van der Waals surface area contributed by atoms with Crippen LogP contribution in [0.15, 0.2) is 40.8 Å². The minimum Gasteiger partial charge on any atom is -0.336 e. The Morgan fingerprint density at radius 2 is 2.23 bits per heavy atom. The van der Waals surface area contributed by atoms with Gasteiger partial charge in [0.15, 0.2) is 3.92 Å². The molecular weight excluding hydrogens is 360 g/mol. The zero-order valence-corrected chi connectivity index (χ0v) is 15.1. The van der Waals surface area contributed by atoms with Gasteiger partial charge in [0.1, 0.15) is 0 Å². The van der Waals surface area contributed by atoms with Crippen molar-refractivity contribution < 1.29 is 0 Å². The average Bonchev–Trinajstić information content (AvgIpc) is 3.10. The third-order valence-corrected chi connectivity index (χ3v) is 5.37. The molecular formula is C16H19BrN4S. The van der Waals surface area contributed by atoms with Crippen molar-refractivity contribution in [1.29, 1.82) is 0 Å². The van der Waals surface area contributed by atoms with Crippen LogP contribution in [0.1, 0.15) is 12.0 Å². The molecule has 0 aliphatic carbocycles. The predicted molar refractivity (Wildman–Crippen MR) is 95.3 cm³/mol. The fraction of sp³-hybridized carbons (Fsp3) is 0.375. The second-order valence-electron chi connectivity index (χ2n) is 5.68. The van der Waals surface area contributed by atoms with Gasteiger partial charge in [0.25, 0.3) is 0 Å². The Morgan fingerprint density at radius 3 is 2.95 bits per heavy atom. The Bertz CT molecular complexity index is 736. The second kappa shape index (κ2) is 6.89. The Hall–Kier alpha value is -1.24. The number of imidazole rings is 1. The van der Waals surface area contributed by atoms with E-state index in [1.165, 1.54) is 10.3 Å². The number of likely N-dealkylation sites (N-methyl/N-ethyl adjacent to an activating group) is 1. The van der Waals surface area contributed by atoms with Crippen LogP contribution in [0.25, 0.3) is 10.2 Å². The molecule has 4 nitrogen and oxygen atoms in total. The predicted octanol–water partition coefficient (Wildman–Crippen LogP) is 3.82. The molecule has 0 spiro atoms. The summed E-state index contributed by atoms with van der Waals surface area (Å²) < 4.78 is 4.35. The van der Waals surface area contributed by atoms with Crippen molar-refractivity contribution in [2.24, 2.45) is 0 Å². The summed E-state index contributed by atoms with van der Waals surface area (Å²) in [5.74, 6) is 0. The molecule has 6 heteroatoms. The lowest BCUT2D eigenvalue weighted by molar-refractivity contribution is 0.250. The summed E-state index contributed by atoms with van der Waals surface area (Å²) in [7, 11) is 4.29. The molecule has 3 aromatic rings. The van der Waals surface area contributed by atoms with Gasteiger partial charge in [0.05, 0.1) is 16.5 Å². The van der Waals surface area contributed by atoms with E-state index in [0.29, 0.717) is 6.04 Å². The van der Waals surface area contributed by atoms with E-state index in [-0.39, 0.29) is 0 Å². The van der Waals surface area contributed by atoms with Crippen molar-refractivity contribution in [2.45, 2.75) is 25.4 Å². The maximum Gasteiger partial charge on any atom is 0.160 e. The first-order valence-corrected chi connectivity index (χ1v) is 8.90. The van der Waals surface area contributed by atoms with E-state index >= 15 is 0 Å². The molecule has 0 aliphatic rings. The van der Waals surface area contributed by atoms with E-state index in [4.69, 9.17) is 0 Å². The first-order chi connectivity index (χ1) is 10.6. The number of fused-ring (bicyclic) bond motifs is 1. The molecule has 0 bridgehead atoms. The Balaban J connectivity index is 1.67. The lowest BCUT2D eigenvalue weighted by Gasteiger charge is -2.24. The normalized spacial score (nSPS) is 13.1. The maximum absolute atomic E-state index is 4.44. The SMILES string of the molecule is CN(C)C(CCc1ccc2nc(Br)sc2c1)Cn1ccnc1. The number of thiazole rings is 1. The van der Waals surface area contributed by atoms with E-state index in [1.807, 2.05) is 18.7 Å². The van der Waals surface area contributed by atoms with E-state index in [2.05, 4.69) is 67.7 Å². The van der Waals surface area contributed by atoms with Crippen LogP contribution in [0, 0.1) is 0 Å². The highest BCUT2D eigenvalue weighted by atomic mass is 79.9. The standard InChI is InChI=1S/C16H19BrN4S/c1-20(2)13(10-21-8-7-18-11-21)5-3-12-4-6-14-15(9-12)22-16(17)19-14/h4,6-9,11,13H,3,5,10H2,1-2H3. The molecule has 0 radical (unpaired) electrons. The fourth-order valence-corrected chi connectivity index (χ4v) is 4.05. The van der Waals surface area contributed by atoms with E-state index in [0.717, 1.165) is 28.8 Å². The van der Waals surface area contributed by atoms with Crippen LogP contribution < -0.4 is 0 Å². The molecule has 116 valence electrons. The van der Waals surface area contributed by atoms with Crippen LogP contribution in [-0.2, 0) is 13.0 Å². The zero-order valence-electron chi connectivity index (χ0n) is 12.7. The van der Waals surface area contributed by atoms with Crippen molar-refractivity contribution >= 4 is 37.5 Å². The molecule has 0 saturated carbocycles. The highest BCUT2D eigenvalue weighted by molar-refractivity contribution is 9.11. The van der Waals surface area contributed by atoms with Gasteiger partial charge < -0.3 is 9.47 Å². The van der Waals surface area contributed by atoms with Gasteiger partial charge in [-0.05, 0) is 60.6 Å². The average molecular weight is 379 g/mol. The van der Waals surface area contributed by atoms with Gasteiger partial charge in [-0.25, -0.2) is 9.97 Å². The summed E-state index contributed by atoms with van der Waals surface area (Å²) in [5.41, 5.74) is 2.45. The minimum atomic E-state index is 0.498. The summed E-state index contributed by atoms with van der Waals surface area (Å²) in [4.78, 5) is 10.9. The number of halogens is 1. The molecule has 2 aromatic heterocycles. The zero-order chi connectivity index (χ0) is 15.5. The number of aromatic nitrogens is 3. The monoisotopic (exact) mass is 378 g/mol. The summed E-state index contributed by atoms with van der Waals surface area (Å²) >= 11 is 5.15. The number of aryl methyl sites for hydroxylation is 1. The van der Waals surface area contributed by atoms with E-state index < -0.39 is 0 Å². The number of benzene rings is 1. The van der Waals surface area contributed by atoms with Crippen molar-refractivity contribution in [2.75, 3.05) is 14.1 Å². The van der Waals surface area contributed by atoms with Gasteiger partial charge in [-0.15, -0.1) is 11.3 Å². The number of hydrogen-bond acceptors (Lipinski definition) is 4. The molecule has 1 atom stereocenters. The number of nitrogens with zero attached hydrogens (tertiary/aromatic N) is 4. The molecule has 0 saturated heterocycles. The van der Waals surface area contributed by atoms with Gasteiger partial charge in [-0.1, -0.05) is 6.07 Å². The number of hydrogen-bond donors (Lipinski definition) is 0. The lowest BCUT2D eigenvalue weighted by Crippen LogP contribution is -2.32. The van der Waals surface area contributed by atoms with Crippen LogP contribution in [0.4, 0.5) is 0 Å². The molecule has 0 amide bonds. The third kappa shape index (κ3) is 3.74. The maximum atomic E-state index is 4.44.